The Labute approximate surface area is 127 Å². The number of carbonyl (C=O) groups is 2. The molecule has 0 aromatic heterocycles. The number of carboxylic acids is 1. The number of amides is 1. The van der Waals surface area contributed by atoms with Crippen molar-refractivity contribution in [3.05, 3.63) is 0 Å². The highest BCUT2D eigenvalue weighted by Crippen LogP contribution is 2.15. The second-order valence-electron chi connectivity index (χ2n) is 5.88. The number of halogens is 3. The van der Waals surface area contributed by atoms with E-state index >= 15 is 0 Å². The van der Waals surface area contributed by atoms with Crippen molar-refractivity contribution in [2.45, 2.75) is 51.4 Å². The summed E-state index contributed by atoms with van der Waals surface area (Å²) < 4.78 is 37.1. The third-order valence-electron chi connectivity index (χ3n) is 2.78. The molecule has 130 valence electrons. The van der Waals surface area contributed by atoms with E-state index < -0.39 is 17.7 Å². The molecule has 0 bridgehead atoms. The molecular formula is C13H23F3N2O4. The molecule has 0 atom stereocenters. The van der Waals surface area contributed by atoms with Crippen molar-refractivity contribution < 1.29 is 32.6 Å². The number of nitrogens with one attached hydrogen (secondary N) is 1. The summed E-state index contributed by atoms with van der Waals surface area (Å²) >= 11 is 0. The number of nitrogens with zero attached hydrogens (tertiary/aromatic N) is 1. The summed E-state index contributed by atoms with van der Waals surface area (Å²) in [6.07, 6.45) is -3.28. The lowest BCUT2D eigenvalue weighted by atomic mass is 10.1. The Morgan fingerprint density at radius 2 is 1.59 bits per heavy atom. The molecule has 2 N–H and O–H groups in total. The van der Waals surface area contributed by atoms with Gasteiger partial charge < -0.3 is 20.1 Å². The molecule has 0 saturated carbocycles. The number of piperidine rings is 1. The zero-order chi connectivity index (χ0) is 17.6. The van der Waals surface area contributed by atoms with Crippen LogP contribution < -0.4 is 5.32 Å². The molecule has 9 heteroatoms. The minimum Gasteiger partial charge on any atom is -0.475 e. The first-order valence-electron chi connectivity index (χ1n) is 6.81. The standard InChI is InChI=1S/C11H22N2O2.C2HF3O2/c1-11(2,3)15-10(14)13(4)9-5-7-12-8-6-9;3-2(4,5)1(6)7/h9,12H,5-8H2,1-4H3;(H,6,7). The predicted octanol–water partition coefficient (Wildman–Crippen LogP) is 2.24. The van der Waals surface area contributed by atoms with E-state index in [0.717, 1.165) is 25.9 Å². The van der Waals surface area contributed by atoms with Crippen LogP contribution in [0.3, 0.4) is 0 Å². The number of aliphatic carboxylic acids is 1. The van der Waals surface area contributed by atoms with Crippen molar-refractivity contribution in [3.63, 3.8) is 0 Å². The Kier molecular flexibility index (Phi) is 7.65. The Morgan fingerprint density at radius 3 is 1.91 bits per heavy atom. The fourth-order valence-corrected chi connectivity index (χ4v) is 1.68. The first kappa shape index (κ1) is 20.5. The van der Waals surface area contributed by atoms with Crippen molar-refractivity contribution in [3.8, 4) is 0 Å². The molecule has 0 spiro atoms. The highest BCUT2D eigenvalue weighted by atomic mass is 19.4. The number of carbonyl (C=O) groups excluding carboxylic acids is 1. The van der Waals surface area contributed by atoms with Gasteiger partial charge in [-0.05, 0) is 46.7 Å². The summed E-state index contributed by atoms with van der Waals surface area (Å²) in [6.45, 7) is 7.64. The predicted molar refractivity (Wildman–Crippen MR) is 73.6 cm³/mol. The SMILES string of the molecule is CN(C(=O)OC(C)(C)C)C1CCNCC1.O=C(O)C(F)(F)F. The van der Waals surface area contributed by atoms with E-state index in [2.05, 4.69) is 5.32 Å². The lowest BCUT2D eigenvalue weighted by Crippen LogP contribution is -2.45. The van der Waals surface area contributed by atoms with E-state index in [-0.39, 0.29) is 6.09 Å². The monoisotopic (exact) mass is 328 g/mol. The number of hydrogen-bond acceptors (Lipinski definition) is 4. The van der Waals surface area contributed by atoms with Crippen LogP contribution in [0.2, 0.25) is 0 Å². The molecule has 1 heterocycles. The molecule has 0 aliphatic carbocycles. The molecule has 1 aliphatic heterocycles. The smallest absolute Gasteiger partial charge is 0.475 e. The van der Waals surface area contributed by atoms with Gasteiger partial charge in [-0.3, -0.25) is 0 Å². The van der Waals surface area contributed by atoms with Crippen molar-refractivity contribution in [2.24, 2.45) is 0 Å². The van der Waals surface area contributed by atoms with E-state index in [1.165, 1.54) is 0 Å². The second-order valence-corrected chi connectivity index (χ2v) is 5.88. The molecule has 22 heavy (non-hydrogen) atoms. The first-order chi connectivity index (χ1) is 9.84. The van der Waals surface area contributed by atoms with Gasteiger partial charge >= 0.3 is 18.2 Å². The summed E-state index contributed by atoms with van der Waals surface area (Å²) in [7, 11) is 1.82. The van der Waals surface area contributed by atoms with Gasteiger partial charge in [-0.2, -0.15) is 13.2 Å². The van der Waals surface area contributed by atoms with Crippen molar-refractivity contribution >= 4 is 12.1 Å². The topological polar surface area (TPSA) is 78.9 Å². The van der Waals surface area contributed by atoms with Crippen LogP contribution in [-0.2, 0) is 9.53 Å². The molecule has 1 rings (SSSR count). The normalized spacial score (nSPS) is 16.3. The van der Waals surface area contributed by atoms with Crippen LogP contribution in [0.5, 0.6) is 0 Å². The van der Waals surface area contributed by atoms with Gasteiger partial charge in [-0.15, -0.1) is 0 Å². The number of rotatable bonds is 1. The summed E-state index contributed by atoms with van der Waals surface area (Å²) in [5.41, 5.74) is -0.405. The fourth-order valence-electron chi connectivity index (χ4n) is 1.68. The van der Waals surface area contributed by atoms with E-state index in [1.54, 1.807) is 4.90 Å². The van der Waals surface area contributed by atoms with Crippen LogP contribution >= 0.6 is 0 Å². The Bertz CT molecular complexity index is 374. The molecule has 0 unspecified atom stereocenters. The van der Waals surface area contributed by atoms with Gasteiger partial charge in [-0.25, -0.2) is 9.59 Å². The van der Waals surface area contributed by atoms with E-state index in [0.29, 0.717) is 6.04 Å². The number of hydrogen-bond donors (Lipinski definition) is 2. The summed E-state index contributed by atoms with van der Waals surface area (Å²) in [4.78, 5) is 22.4. The number of carboxylic acid groups (broad SMARTS) is 1. The minimum atomic E-state index is -5.08. The maximum Gasteiger partial charge on any atom is 0.490 e. The zero-order valence-electron chi connectivity index (χ0n) is 13.2. The van der Waals surface area contributed by atoms with Gasteiger partial charge in [0.25, 0.3) is 0 Å². The average molecular weight is 328 g/mol. The Morgan fingerprint density at radius 1 is 1.18 bits per heavy atom. The number of ether oxygens (including phenoxy) is 1. The molecule has 6 nitrogen and oxygen atoms in total. The van der Waals surface area contributed by atoms with E-state index in [4.69, 9.17) is 14.6 Å². The maximum atomic E-state index is 11.7. The summed E-state index contributed by atoms with van der Waals surface area (Å²) in [5.74, 6) is -2.76. The largest absolute Gasteiger partial charge is 0.490 e. The van der Waals surface area contributed by atoms with Crippen LogP contribution in [0.1, 0.15) is 33.6 Å². The highest BCUT2D eigenvalue weighted by Gasteiger charge is 2.38. The van der Waals surface area contributed by atoms with Crippen LogP contribution in [0.4, 0.5) is 18.0 Å². The van der Waals surface area contributed by atoms with Gasteiger partial charge in [0.2, 0.25) is 0 Å². The molecule has 0 radical (unpaired) electrons. The van der Waals surface area contributed by atoms with Gasteiger partial charge in [-0.1, -0.05) is 0 Å². The molecule has 0 aromatic rings. The van der Waals surface area contributed by atoms with Crippen LogP contribution in [0.15, 0.2) is 0 Å². The van der Waals surface area contributed by atoms with Crippen LogP contribution in [-0.4, -0.2) is 60.0 Å². The molecule has 1 amide bonds. The van der Waals surface area contributed by atoms with Crippen LogP contribution in [0, 0.1) is 0 Å². The summed E-state index contributed by atoms with van der Waals surface area (Å²) in [6, 6.07) is 0.320. The molecule has 0 aromatic carbocycles. The third kappa shape index (κ3) is 8.71. The van der Waals surface area contributed by atoms with Gasteiger partial charge in [0.05, 0.1) is 0 Å². The molecule has 1 saturated heterocycles. The maximum absolute atomic E-state index is 11.7. The van der Waals surface area contributed by atoms with Gasteiger partial charge in [0, 0.05) is 13.1 Å². The fraction of sp³-hybridized carbons (Fsp3) is 0.846. The average Bonchev–Trinajstić information content (AvgIpc) is 2.36. The number of alkyl halides is 3. The van der Waals surface area contributed by atoms with Gasteiger partial charge in [0.1, 0.15) is 5.60 Å². The summed E-state index contributed by atoms with van der Waals surface area (Å²) in [5, 5.41) is 10.4. The zero-order valence-corrected chi connectivity index (χ0v) is 13.2. The Balaban J connectivity index is 0.000000534. The lowest BCUT2D eigenvalue weighted by Gasteiger charge is -2.33. The minimum absolute atomic E-state index is 0.214. The lowest BCUT2D eigenvalue weighted by molar-refractivity contribution is -0.192. The van der Waals surface area contributed by atoms with E-state index in [9.17, 15) is 18.0 Å². The Hall–Kier alpha value is -1.51. The van der Waals surface area contributed by atoms with Gasteiger partial charge in [0.15, 0.2) is 0 Å². The molecular weight excluding hydrogens is 305 g/mol. The highest BCUT2D eigenvalue weighted by molar-refractivity contribution is 5.73. The van der Waals surface area contributed by atoms with Crippen molar-refractivity contribution in [2.75, 3.05) is 20.1 Å². The quantitative estimate of drug-likeness (QED) is 0.772. The third-order valence-corrected chi connectivity index (χ3v) is 2.78. The van der Waals surface area contributed by atoms with Crippen molar-refractivity contribution in [1.82, 2.24) is 10.2 Å². The first-order valence-corrected chi connectivity index (χ1v) is 6.81. The van der Waals surface area contributed by atoms with E-state index in [1.807, 2.05) is 27.8 Å². The van der Waals surface area contributed by atoms with Crippen LogP contribution in [0.25, 0.3) is 0 Å². The molecule has 1 aliphatic rings. The molecule has 1 fully saturated rings. The van der Waals surface area contributed by atoms with Crippen molar-refractivity contribution in [1.29, 1.82) is 0 Å². The second kappa shape index (κ2) is 8.21.